The molecule has 0 heterocycles. The molecule has 6 heteroatoms. The average Bonchev–Trinajstić information content (AvgIpc) is 2.17. The summed E-state index contributed by atoms with van der Waals surface area (Å²) in [6.07, 6.45) is -0.409. The lowest BCUT2D eigenvalue weighted by Crippen LogP contribution is -2.01. The van der Waals surface area contributed by atoms with Crippen LogP contribution in [0.4, 0.5) is 0 Å². The van der Waals surface area contributed by atoms with Crippen molar-refractivity contribution in [2.24, 2.45) is 0 Å². The van der Waals surface area contributed by atoms with Crippen molar-refractivity contribution in [1.82, 2.24) is 0 Å². The summed E-state index contributed by atoms with van der Waals surface area (Å²) in [5.41, 5.74) is 0.590. The van der Waals surface area contributed by atoms with Gasteiger partial charge in [0.2, 0.25) is 0 Å². The molecule has 1 N–H and O–H groups in total. The minimum Gasteiger partial charge on any atom is -0.388 e. The second-order valence-corrected chi connectivity index (χ2v) is 4.13. The summed E-state index contributed by atoms with van der Waals surface area (Å²) in [6, 6.07) is 4.87. The third-order valence-corrected chi connectivity index (χ3v) is 2.71. The minimum absolute atomic E-state index is 0.200. The predicted molar refractivity (Wildman–Crippen MR) is 59.6 cm³/mol. The van der Waals surface area contributed by atoms with Crippen LogP contribution in [0, 0.1) is 0 Å². The number of aliphatic hydroxyl groups excluding tert-OH is 1. The Hall–Kier alpha value is -0.180. The second-order valence-electron chi connectivity index (χ2n) is 2.88. The molecule has 0 aliphatic heterocycles. The topological polar surface area (TPSA) is 46.5 Å². The van der Waals surface area contributed by atoms with Crippen molar-refractivity contribution in [2.45, 2.75) is 12.5 Å². The molecule has 0 bridgehead atoms. The highest BCUT2D eigenvalue weighted by atomic mass is 35.5. The fraction of sp³-hybridized carbons (Fsp3) is 0.333. The highest BCUT2D eigenvalue weighted by molar-refractivity contribution is 7.17. The van der Waals surface area contributed by atoms with Crippen LogP contribution in [0.2, 0.25) is 10.0 Å². The van der Waals surface area contributed by atoms with Gasteiger partial charge in [0, 0.05) is 16.5 Å². The monoisotopic (exact) mass is 266 g/mol. The number of rotatable bonds is 5. The summed E-state index contributed by atoms with van der Waals surface area (Å²) in [7, 11) is -0.387. The molecule has 0 saturated heterocycles. The Kier molecular flexibility index (Phi) is 5.51. The first kappa shape index (κ1) is 12.9. The Morgan fingerprint density at radius 3 is 2.80 bits per heavy atom. The molecule has 0 radical (unpaired) electrons. The highest BCUT2D eigenvalue weighted by Crippen LogP contribution is 2.28. The summed E-state index contributed by atoms with van der Waals surface area (Å²) >= 11 is 11.6. The van der Waals surface area contributed by atoms with Gasteiger partial charge in [-0.15, -0.1) is 0 Å². The summed E-state index contributed by atoms with van der Waals surface area (Å²) in [6.45, 7) is 0.200. The van der Waals surface area contributed by atoms with Crippen LogP contribution in [-0.4, -0.2) is 11.7 Å². The third-order valence-electron chi connectivity index (χ3n) is 1.86. The Labute approximate surface area is 99.2 Å². The Bertz CT molecular complexity index is 346. The van der Waals surface area contributed by atoms with Crippen LogP contribution < -0.4 is 0 Å². The Morgan fingerprint density at radius 1 is 1.47 bits per heavy atom. The van der Waals surface area contributed by atoms with Gasteiger partial charge < -0.3 is 5.11 Å². The van der Waals surface area contributed by atoms with E-state index >= 15 is 0 Å². The van der Waals surface area contributed by atoms with Crippen LogP contribution in [0.3, 0.4) is 0 Å². The lowest BCUT2D eigenvalue weighted by Gasteiger charge is -2.11. The van der Waals surface area contributed by atoms with Crippen LogP contribution in [0.15, 0.2) is 18.2 Å². The molecule has 3 nitrogen and oxygen atoms in total. The van der Waals surface area contributed by atoms with E-state index < -0.39 is 6.10 Å². The predicted octanol–water partition coefficient (Wildman–Crippen LogP) is 3.64. The van der Waals surface area contributed by atoms with Crippen molar-refractivity contribution in [3.05, 3.63) is 33.8 Å². The molecule has 0 aliphatic rings. The van der Waals surface area contributed by atoms with Crippen LogP contribution in [0.5, 0.6) is 0 Å². The van der Waals surface area contributed by atoms with Crippen LogP contribution in [0.1, 0.15) is 18.1 Å². The molecule has 0 fully saturated rings. The van der Waals surface area contributed by atoms with E-state index in [2.05, 4.69) is 4.52 Å². The zero-order valence-electron chi connectivity index (χ0n) is 7.69. The molecule has 0 saturated carbocycles. The number of benzene rings is 1. The van der Waals surface area contributed by atoms with Gasteiger partial charge in [0.05, 0.1) is 12.7 Å². The average molecular weight is 267 g/mol. The van der Waals surface area contributed by atoms with E-state index in [0.717, 1.165) is 0 Å². The lowest BCUT2D eigenvalue weighted by molar-refractivity contribution is 0.144. The fourth-order valence-corrected chi connectivity index (χ4v) is 1.84. The molecular formula is C9H9Cl2O3P. The van der Waals surface area contributed by atoms with E-state index in [1.54, 1.807) is 18.2 Å². The highest BCUT2D eigenvalue weighted by Gasteiger charge is 2.11. The van der Waals surface area contributed by atoms with Gasteiger partial charge >= 0.3 is 8.69 Å². The smallest absolute Gasteiger partial charge is 0.327 e. The van der Waals surface area contributed by atoms with E-state index in [0.29, 0.717) is 22.0 Å². The molecule has 15 heavy (non-hydrogen) atoms. The quantitative estimate of drug-likeness (QED) is 0.654. The number of hydrogen-bond acceptors (Lipinski definition) is 3. The maximum Gasteiger partial charge on any atom is 0.327 e. The van der Waals surface area contributed by atoms with E-state index in [1.165, 1.54) is 0 Å². The molecule has 0 aliphatic carbocycles. The van der Waals surface area contributed by atoms with E-state index in [-0.39, 0.29) is 15.3 Å². The first-order valence-corrected chi connectivity index (χ1v) is 5.71. The van der Waals surface area contributed by atoms with Gasteiger partial charge in [0.1, 0.15) is 0 Å². The maximum absolute atomic E-state index is 9.98. The van der Waals surface area contributed by atoms with E-state index in [1.807, 2.05) is 0 Å². The molecule has 1 rings (SSSR count). The van der Waals surface area contributed by atoms with E-state index in [9.17, 15) is 9.67 Å². The standard InChI is InChI=1S/C9H9Cl2O3P/c10-6-1-2-7(8(11)5-6)9(12)3-4-14-15-13/h1-2,5,9,12H,3-4H2/t9-/m0/s1. The third kappa shape index (κ3) is 4.06. The molecule has 1 aromatic rings. The van der Waals surface area contributed by atoms with Crippen molar-refractivity contribution in [3.8, 4) is 0 Å². The lowest BCUT2D eigenvalue weighted by atomic mass is 10.1. The summed E-state index contributed by atoms with van der Waals surface area (Å²) in [5.74, 6) is 0. The molecule has 0 amide bonds. The van der Waals surface area contributed by atoms with E-state index in [4.69, 9.17) is 23.2 Å². The molecule has 0 aromatic heterocycles. The minimum atomic E-state index is -0.739. The van der Waals surface area contributed by atoms with Crippen molar-refractivity contribution < 1.29 is 14.2 Å². The zero-order chi connectivity index (χ0) is 11.3. The number of hydrogen-bond donors (Lipinski definition) is 1. The summed E-state index contributed by atoms with van der Waals surface area (Å²) in [4.78, 5) is 0. The first-order valence-electron chi connectivity index (χ1n) is 4.22. The van der Waals surface area contributed by atoms with Crippen LogP contribution in [0.25, 0.3) is 0 Å². The van der Waals surface area contributed by atoms with Crippen molar-refractivity contribution in [2.75, 3.05) is 6.61 Å². The zero-order valence-corrected chi connectivity index (χ0v) is 10.1. The van der Waals surface area contributed by atoms with Crippen LogP contribution >= 0.6 is 31.9 Å². The SMILES string of the molecule is O=POCC[C@H](O)c1ccc(Cl)cc1Cl. The van der Waals surface area contributed by atoms with Gasteiger partial charge in [-0.2, -0.15) is 0 Å². The second kappa shape index (κ2) is 6.41. The van der Waals surface area contributed by atoms with Gasteiger partial charge in [-0.3, -0.25) is 4.52 Å². The van der Waals surface area contributed by atoms with Crippen LogP contribution in [-0.2, 0) is 9.09 Å². The van der Waals surface area contributed by atoms with Gasteiger partial charge in [0.15, 0.2) is 0 Å². The summed E-state index contributed by atoms with van der Waals surface area (Å²) < 4.78 is 14.6. The normalized spacial score (nSPS) is 13.0. The molecule has 1 atom stereocenters. The van der Waals surface area contributed by atoms with Crippen molar-refractivity contribution >= 4 is 31.9 Å². The van der Waals surface area contributed by atoms with Gasteiger partial charge in [0.25, 0.3) is 0 Å². The first-order chi connectivity index (χ1) is 7.15. The summed E-state index contributed by atoms with van der Waals surface area (Å²) in [5, 5.41) is 10.6. The van der Waals surface area contributed by atoms with Gasteiger partial charge in [-0.25, -0.2) is 4.57 Å². The number of halogens is 2. The molecule has 1 aromatic carbocycles. The molecule has 82 valence electrons. The molecular weight excluding hydrogens is 258 g/mol. The molecule has 0 unspecified atom stereocenters. The molecule has 0 spiro atoms. The maximum atomic E-state index is 9.98. The fourth-order valence-electron chi connectivity index (χ4n) is 1.13. The van der Waals surface area contributed by atoms with Gasteiger partial charge in [-0.1, -0.05) is 29.3 Å². The Morgan fingerprint density at radius 2 is 2.20 bits per heavy atom. The Balaban J connectivity index is 2.64. The van der Waals surface area contributed by atoms with Crippen molar-refractivity contribution in [1.29, 1.82) is 0 Å². The van der Waals surface area contributed by atoms with Gasteiger partial charge in [-0.05, 0) is 17.7 Å². The largest absolute Gasteiger partial charge is 0.388 e. The van der Waals surface area contributed by atoms with Crippen molar-refractivity contribution in [3.63, 3.8) is 0 Å². The number of aliphatic hydroxyl groups is 1.